The van der Waals surface area contributed by atoms with E-state index in [-0.39, 0.29) is 22.7 Å². The second kappa shape index (κ2) is 7.07. The summed E-state index contributed by atoms with van der Waals surface area (Å²) in [5.41, 5.74) is 1.15. The molecule has 0 unspecified atom stereocenters. The molecule has 0 aromatic carbocycles. The van der Waals surface area contributed by atoms with Gasteiger partial charge in [-0.15, -0.1) is 11.3 Å². The summed E-state index contributed by atoms with van der Waals surface area (Å²) in [6.07, 6.45) is 4.01. The molecule has 9 heteroatoms. The number of aryl methyl sites for hydroxylation is 1. The van der Waals surface area contributed by atoms with Crippen molar-refractivity contribution in [2.75, 3.05) is 11.1 Å². The number of carbonyl (C=O) groups excluding carboxylic acids is 1. The van der Waals surface area contributed by atoms with Crippen molar-refractivity contribution in [3.05, 3.63) is 32.4 Å². The summed E-state index contributed by atoms with van der Waals surface area (Å²) in [7, 11) is 0. The highest BCUT2D eigenvalue weighted by atomic mass is 32.2. The van der Waals surface area contributed by atoms with E-state index in [0.29, 0.717) is 10.6 Å². The number of thiophene rings is 1. The number of thioether (sulfide) groups is 1. The van der Waals surface area contributed by atoms with Gasteiger partial charge in [0.05, 0.1) is 17.4 Å². The molecule has 3 N–H and O–H groups in total. The molecule has 24 heavy (non-hydrogen) atoms. The topological polar surface area (TPSA) is 119 Å². The Morgan fingerprint density at radius 2 is 2.29 bits per heavy atom. The number of aromatic amines is 1. The summed E-state index contributed by atoms with van der Waals surface area (Å²) in [5.74, 6) is -0.666. The van der Waals surface area contributed by atoms with Gasteiger partial charge in [-0.2, -0.15) is 10.2 Å². The second-order valence-corrected chi connectivity index (χ2v) is 7.34. The molecule has 0 saturated heterocycles. The molecule has 0 radical (unpaired) electrons. The summed E-state index contributed by atoms with van der Waals surface area (Å²) in [4.78, 5) is 30.7. The molecule has 0 atom stereocenters. The predicted octanol–water partition coefficient (Wildman–Crippen LogP) is 2.02. The van der Waals surface area contributed by atoms with Gasteiger partial charge in [0.15, 0.2) is 5.16 Å². The quantitative estimate of drug-likeness (QED) is 0.565. The molecule has 2 aromatic rings. The van der Waals surface area contributed by atoms with Gasteiger partial charge in [0.2, 0.25) is 11.8 Å². The zero-order chi connectivity index (χ0) is 17.1. The van der Waals surface area contributed by atoms with Crippen molar-refractivity contribution in [3.63, 3.8) is 0 Å². The number of amides is 1. The smallest absolute Gasteiger partial charge is 0.255 e. The Morgan fingerprint density at radius 3 is 3.04 bits per heavy atom. The molecule has 2 aromatic heterocycles. The number of H-pyrrole nitrogens is 1. The highest BCUT2D eigenvalue weighted by molar-refractivity contribution is 7.99. The summed E-state index contributed by atoms with van der Waals surface area (Å²) >= 11 is 2.47. The van der Waals surface area contributed by atoms with Gasteiger partial charge >= 0.3 is 0 Å². The van der Waals surface area contributed by atoms with E-state index in [1.807, 2.05) is 0 Å². The van der Waals surface area contributed by atoms with Crippen LogP contribution in [0, 0.1) is 11.3 Å². The van der Waals surface area contributed by atoms with Gasteiger partial charge in [0.1, 0.15) is 11.1 Å². The second-order valence-electron chi connectivity index (χ2n) is 5.27. The molecule has 1 aliphatic rings. The molecule has 7 nitrogen and oxygen atoms in total. The van der Waals surface area contributed by atoms with E-state index in [2.05, 4.69) is 21.4 Å². The van der Waals surface area contributed by atoms with Crippen molar-refractivity contribution in [1.82, 2.24) is 9.97 Å². The average molecular weight is 362 g/mol. The molecule has 1 amide bonds. The van der Waals surface area contributed by atoms with Crippen LogP contribution in [0.5, 0.6) is 5.88 Å². The van der Waals surface area contributed by atoms with Gasteiger partial charge in [-0.3, -0.25) is 9.59 Å². The molecule has 124 valence electrons. The van der Waals surface area contributed by atoms with Crippen LogP contribution in [0.15, 0.2) is 16.0 Å². The van der Waals surface area contributed by atoms with Gasteiger partial charge in [-0.1, -0.05) is 11.8 Å². The minimum Gasteiger partial charge on any atom is -0.493 e. The number of anilines is 1. The number of carbonyl (C=O) groups is 1. The molecular formula is C15H14N4O3S2. The van der Waals surface area contributed by atoms with Crippen molar-refractivity contribution < 1.29 is 9.90 Å². The van der Waals surface area contributed by atoms with Gasteiger partial charge in [-0.25, -0.2) is 0 Å². The zero-order valence-electron chi connectivity index (χ0n) is 12.6. The van der Waals surface area contributed by atoms with Crippen LogP contribution >= 0.6 is 23.1 Å². The number of aromatic hydroxyl groups is 1. The molecule has 1 aliphatic carbocycles. The van der Waals surface area contributed by atoms with Gasteiger partial charge in [-0.05, 0) is 31.2 Å². The van der Waals surface area contributed by atoms with Crippen LogP contribution in [0.25, 0.3) is 0 Å². The van der Waals surface area contributed by atoms with Crippen LogP contribution in [0.1, 0.15) is 28.8 Å². The lowest BCUT2D eigenvalue weighted by atomic mass is 9.96. The van der Waals surface area contributed by atoms with E-state index in [4.69, 9.17) is 0 Å². The molecule has 2 heterocycles. The van der Waals surface area contributed by atoms with Crippen molar-refractivity contribution in [3.8, 4) is 11.9 Å². The lowest BCUT2D eigenvalue weighted by Gasteiger charge is -2.09. The molecule has 3 rings (SSSR count). The van der Waals surface area contributed by atoms with Gasteiger partial charge < -0.3 is 15.4 Å². The predicted molar refractivity (Wildman–Crippen MR) is 91.6 cm³/mol. The number of rotatable bonds is 4. The Labute approximate surface area is 145 Å². The van der Waals surface area contributed by atoms with Crippen LogP contribution in [-0.4, -0.2) is 26.7 Å². The minimum absolute atomic E-state index is 0.0137. The van der Waals surface area contributed by atoms with E-state index in [0.717, 1.165) is 49.1 Å². The summed E-state index contributed by atoms with van der Waals surface area (Å²) in [6, 6.07) is 3.15. The fourth-order valence-electron chi connectivity index (χ4n) is 2.56. The van der Waals surface area contributed by atoms with Crippen LogP contribution in [0.3, 0.4) is 0 Å². The van der Waals surface area contributed by atoms with Crippen LogP contribution in [-0.2, 0) is 17.6 Å². The van der Waals surface area contributed by atoms with Gasteiger partial charge in [0, 0.05) is 4.88 Å². The van der Waals surface area contributed by atoms with E-state index in [1.165, 1.54) is 16.2 Å². The first kappa shape index (κ1) is 16.5. The Balaban J connectivity index is 1.68. The monoisotopic (exact) mass is 362 g/mol. The van der Waals surface area contributed by atoms with E-state index >= 15 is 0 Å². The third-order valence-corrected chi connectivity index (χ3v) is 5.66. The molecule has 0 spiro atoms. The first-order chi connectivity index (χ1) is 11.6. The number of fused-ring (bicyclic) bond motifs is 1. The van der Waals surface area contributed by atoms with E-state index in [1.54, 1.807) is 0 Å². The molecule has 0 bridgehead atoms. The number of nitrogens with zero attached hydrogens (tertiary/aromatic N) is 2. The molecular weight excluding hydrogens is 348 g/mol. The zero-order valence-corrected chi connectivity index (χ0v) is 14.2. The van der Waals surface area contributed by atoms with Crippen molar-refractivity contribution >= 4 is 34.0 Å². The number of aromatic nitrogens is 2. The third kappa shape index (κ3) is 3.60. The standard InChI is InChI=1S/C15H14N4O3S2/c16-6-9-8-3-1-2-4-10(8)24-14(9)17-13(22)7-23-15-18-11(20)5-12(21)19-15/h5H,1-4,7H2,(H,17,22)(H2,18,19,20,21). The lowest BCUT2D eigenvalue weighted by Crippen LogP contribution is -2.15. The van der Waals surface area contributed by atoms with Crippen molar-refractivity contribution in [1.29, 1.82) is 5.26 Å². The number of nitriles is 1. The first-order valence-corrected chi connectivity index (χ1v) is 9.14. The highest BCUT2D eigenvalue weighted by Gasteiger charge is 2.21. The molecule has 0 fully saturated rings. The Kier molecular flexibility index (Phi) is 4.87. The Bertz CT molecular complexity index is 882. The third-order valence-electron chi connectivity index (χ3n) is 3.58. The summed E-state index contributed by atoms with van der Waals surface area (Å²) in [5, 5.41) is 22.2. The van der Waals surface area contributed by atoms with Crippen LogP contribution < -0.4 is 10.9 Å². The van der Waals surface area contributed by atoms with Crippen molar-refractivity contribution in [2.24, 2.45) is 0 Å². The van der Waals surface area contributed by atoms with E-state index < -0.39 is 5.56 Å². The average Bonchev–Trinajstić information content (AvgIpc) is 2.89. The maximum absolute atomic E-state index is 12.1. The lowest BCUT2D eigenvalue weighted by molar-refractivity contribution is -0.113. The minimum atomic E-state index is -0.483. The Hall–Kier alpha value is -2.31. The molecule has 0 saturated carbocycles. The summed E-state index contributed by atoms with van der Waals surface area (Å²) < 4.78 is 0. The fraction of sp³-hybridized carbons (Fsp3) is 0.333. The van der Waals surface area contributed by atoms with E-state index in [9.17, 15) is 20.0 Å². The number of nitrogens with one attached hydrogen (secondary N) is 2. The largest absolute Gasteiger partial charge is 0.493 e. The highest BCUT2D eigenvalue weighted by Crippen LogP contribution is 2.37. The number of hydrogen-bond donors (Lipinski definition) is 3. The SMILES string of the molecule is N#Cc1c(NC(=O)CSc2nc(O)cc(=O)[nH]2)sc2c1CCCC2. The van der Waals surface area contributed by atoms with Crippen LogP contribution in [0.2, 0.25) is 0 Å². The normalized spacial score (nSPS) is 13.1. The summed E-state index contributed by atoms with van der Waals surface area (Å²) in [6.45, 7) is 0. The maximum Gasteiger partial charge on any atom is 0.255 e. The molecule has 0 aliphatic heterocycles. The number of hydrogen-bond acceptors (Lipinski definition) is 7. The first-order valence-electron chi connectivity index (χ1n) is 7.34. The van der Waals surface area contributed by atoms with Gasteiger partial charge in [0.25, 0.3) is 5.56 Å². The maximum atomic E-state index is 12.1. The fourth-order valence-corrected chi connectivity index (χ4v) is 4.49. The van der Waals surface area contributed by atoms with Crippen molar-refractivity contribution in [2.45, 2.75) is 30.8 Å². The Morgan fingerprint density at radius 1 is 1.50 bits per heavy atom. The van der Waals surface area contributed by atoms with Crippen LogP contribution in [0.4, 0.5) is 5.00 Å².